The first-order valence-corrected chi connectivity index (χ1v) is 8.11. The third-order valence-corrected chi connectivity index (χ3v) is 4.39. The zero-order chi connectivity index (χ0) is 16.1. The smallest absolute Gasteiger partial charge is 0.251 e. The summed E-state index contributed by atoms with van der Waals surface area (Å²) in [5, 5.41) is 13.5. The minimum Gasteiger partial charge on any atom is -0.388 e. The van der Waals surface area contributed by atoms with Crippen molar-refractivity contribution in [3.63, 3.8) is 0 Å². The van der Waals surface area contributed by atoms with Crippen LogP contribution in [0, 0.1) is 0 Å². The lowest BCUT2D eigenvalue weighted by atomic mass is 9.94. The summed E-state index contributed by atoms with van der Waals surface area (Å²) in [6, 6.07) is 3.39. The van der Waals surface area contributed by atoms with Gasteiger partial charge >= 0.3 is 0 Å². The maximum absolute atomic E-state index is 12.4. The Kier molecular flexibility index (Phi) is 4.71. The Morgan fingerprint density at radius 1 is 1.26 bits per heavy atom. The first kappa shape index (κ1) is 15.7. The van der Waals surface area contributed by atoms with Crippen molar-refractivity contribution in [3.8, 4) is 5.82 Å². The number of hydrogen-bond acceptors (Lipinski definition) is 4. The highest BCUT2D eigenvalue weighted by molar-refractivity contribution is 5.94. The van der Waals surface area contributed by atoms with Crippen LogP contribution in [0.2, 0.25) is 0 Å². The van der Waals surface area contributed by atoms with Crippen molar-refractivity contribution in [3.05, 3.63) is 42.6 Å². The van der Waals surface area contributed by atoms with Gasteiger partial charge in [-0.3, -0.25) is 9.36 Å². The van der Waals surface area contributed by atoms with Gasteiger partial charge in [-0.1, -0.05) is 25.7 Å². The number of aromatic nitrogens is 3. The number of carbonyl (C=O) groups is 1. The summed E-state index contributed by atoms with van der Waals surface area (Å²) in [5.41, 5.74) is -0.243. The van der Waals surface area contributed by atoms with Crippen molar-refractivity contribution in [2.24, 2.45) is 0 Å². The van der Waals surface area contributed by atoms with Crippen LogP contribution in [0.3, 0.4) is 0 Å². The van der Waals surface area contributed by atoms with Crippen molar-refractivity contribution in [2.45, 2.75) is 44.1 Å². The number of carbonyl (C=O) groups excluding carboxylic acids is 1. The number of aliphatic hydroxyl groups is 1. The van der Waals surface area contributed by atoms with Crippen LogP contribution in [0.5, 0.6) is 0 Å². The molecule has 1 amide bonds. The third kappa shape index (κ3) is 3.96. The van der Waals surface area contributed by atoms with Gasteiger partial charge in [0, 0.05) is 30.7 Å². The van der Waals surface area contributed by atoms with E-state index in [1.807, 2.05) is 0 Å². The molecule has 1 aliphatic carbocycles. The van der Waals surface area contributed by atoms with Crippen LogP contribution in [0.1, 0.15) is 48.9 Å². The largest absolute Gasteiger partial charge is 0.388 e. The second-order valence-electron chi connectivity index (χ2n) is 6.19. The molecule has 3 rings (SSSR count). The molecule has 2 aromatic heterocycles. The molecule has 0 aliphatic heterocycles. The maximum Gasteiger partial charge on any atom is 0.251 e. The lowest BCUT2D eigenvalue weighted by Gasteiger charge is -2.26. The van der Waals surface area contributed by atoms with Crippen LogP contribution in [0.15, 0.2) is 37.1 Å². The molecule has 0 spiro atoms. The van der Waals surface area contributed by atoms with E-state index in [4.69, 9.17) is 0 Å². The van der Waals surface area contributed by atoms with Gasteiger partial charge in [-0.25, -0.2) is 9.97 Å². The lowest BCUT2D eigenvalue weighted by Crippen LogP contribution is -2.42. The fraction of sp³-hybridized carbons (Fsp3) is 0.471. The summed E-state index contributed by atoms with van der Waals surface area (Å²) in [5.74, 6) is 0.453. The number of amides is 1. The van der Waals surface area contributed by atoms with Gasteiger partial charge in [0.2, 0.25) is 0 Å². The molecule has 122 valence electrons. The van der Waals surface area contributed by atoms with Gasteiger partial charge in [-0.05, 0) is 25.0 Å². The Bertz CT molecular complexity index is 646. The standard InChI is InChI=1S/C17H22N4O2/c22-16(20-12-17(23)6-3-1-2-4-7-17)14-5-8-19-15(11-14)21-10-9-18-13-21/h5,8-11,13,23H,1-4,6-7,12H2,(H,20,22). The molecule has 1 saturated carbocycles. The van der Waals surface area contributed by atoms with Gasteiger partial charge in [0.1, 0.15) is 12.1 Å². The summed E-state index contributed by atoms with van der Waals surface area (Å²) in [6.45, 7) is 0.300. The van der Waals surface area contributed by atoms with Crippen molar-refractivity contribution in [1.82, 2.24) is 19.9 Å². The molecule has 0 radical (unpaired) electrons. The van der Waals surface area contributed by atoms with Crippen molar-refractivity contribution in [1.29, 1.82) is 0 Å². The van der Waals surface area contributed by atoms with Crippen LogP contribution < -0.4 is 5.32 Å². The molecule has 2 N–H and O–H groups in total. The van der Waals surface area contributed by atoms with Gasteiger partial charge in [-0.15, -0.1) is 0 Å². The predicted octanol–water partition coefficient (Wildman–Crippen LogP) is 2.08. The van der Waals surface area contributed by atoms with Gasteiger partial charge < -0.3 is 10.4 Å². The molecule has 6 nitrogen and oxygen atoms in total. The van der Waals surface area contributed by atoms with E-state index < -0.39 is 5.60 Å². The molecular weight excluding hydrogens is 292 g/mol. The van der Waals surface area contributed by atoms with E-state index in [0.29, 0.717) is 17.9 Å². The second kappa shape index (κ2) is 6.91. The summed E-state index contributed by atoms with van der Waals surface area (Å²) in [6.07, 6.45) is 12.5. The number of rotatable bonds is 4. The maximum atomic E-state index is 12.4. The third-order valence-electron chi connectivity index (χ3n) is 4.39. The first-order chi connectivity index (χ1) is 11.2. The molecule has 6 heteroatoms. The molecule has 2 heterocycles. The van der Waals surface area contributed by atoms with E-state index in [9.17, 15) is 9.90 Å². The van der Waals surface area contributed by atoms with E-state index in [-0.39, 0.29) is 5.91 Å². The monoisotopic (exact) mass is 314 g/mol. The summed E-state index contributed by atoms with van der Waals surface area (Å²) in [7, 11) is 0. The lowest BCUT2D eigenvalue weighted by molar-refractivity contribution is 0.0246. The van der Waals surface area contributed by atoms with E-state index in [2.05, 4.69) is 15.3 Å². The minimum atomic E-state index is -0.771. The molecule has 1 fully saturated rings. The fourth-order valence-corrected chi connectivity index (χ4v) is 3.01. The Morgan fingerprint density at radius 2 is 2.04 bits per heavy atom. The van der Waals surface area contributed by atoms with Crippen LogP contribution in [-0.2, 0) is 0 Å². The fourth-order valence-electron chi connectivity index (χ4n) is 3.01. The average Bonchev–Trinajstić information content (AvgIpc) is 3.02. The zero-order valence-corrected chi connectivity index (χ0v) is 13.1. The molecular formula is C17H22N4O2. The van der Waals surface area contributed by atoms with Crippen molar-refractivity contribution >= 4 is 5.91 Å². The van der Waals surface area contributed by atoms with E-state index in [1.54, 1.807) is 41.6 Å². The molecule has 2 aromatic rings. The van der Waals surface area contributed by atoms with Gasteiger partial charge in [0.25, 0.3) is 5.91 Å². The Balaban J connectivity index is 1.65. The second-order valence-corrected chi connectivity index (χ2v) is 6.19. The van der Waals surface area contributed by atoms with Crippen LogP contribution in [-0.4, -0.2) is 37.7 Å². The van der Waals surface area contributed by atoms with Crippen molar-refractivity contribution < 1.29 is 9.90 Å². The van der Waals surface area contributed by atoms with Gasteiger partial charge in [-0.2, -0.15) is 0 Å². The zero-order valence-electron chi connectivity index (χ0n) is 13.1. The number of pyridine rings is 1. The molecule has 23 heavy (non-hydrogen) atoms. The quantitative estimate of drug-likeness (QED) is 0.847. The number of nitrogens with one attached hydrogen (secondary N) is 1. The Labute approximate surface area is 135 Å². The highest BCUT2D eigenvalue weighted by Crippen LogP contribution is 2.26. The molecule has 0 unspecified atom stereocenters. The van der Waals surface area contributed by atoms with E-state index >= 15 is 0 Å². The molecule has 0 saturated heterocycles. The molecule has 0 aromatic carbocycles. The van der Waals surface area contributed by atoms with Crippen LogP contribution in [0.4, 0.5) is 0 Å². The SMILES string of the molecule is O=C(NCC1(O)CCCCCC1)c1ccnc(-n2ccnc2)c1. The minimum absolute atomic E-state index is 0.188. The number of nitrogens with zero attached hydrogens (tertiary/aromatic N) is 3. The van der Waals surface area contributed by atoms with Gasteiger partial charge in [0.15, 0.2) is 0 Å². The average molecular weight is 314 g/mol. The molecule has 1 aliphatic rings. The summed E-state index contributed by atoms with van der Waals surface area (Å²) in [4.78, 5) is 20.6. The summed E-state index contributed by atoms with van der Waals surface area (Å²) < 4.78 is 1.75. The van der Waals surface area contributed by atoms with E-state index in [0.717, 1.165) is 38.5 Å². The highest BCUT2D eigenvalue weighted by atomic mass is 16.3. The first-order valence-electron chi connectivity index (χ1n) is 8.11. The Morgan fingerprint density at radius 3 is 2.74 bits per heavy atom. The molecule has 0 atom stereocenters. The van der Waals surface area contributed by atoms with Crippen molar-refractivity contribution in [2.75, 3.05) is 6.54 Å². The predicted molar refractivity (Wildman–Crippen MR) is 86.3 cm³/mol. The van der Waals surface area contributed by atoms with Crippen LogP contribution in [0.25, 0.3) is 5.82 Å². The normalized spacial score (nSPS) is 17.4. The summed E-state index contributed by atoms with van der Waals surface area (Å²) >= 11 is 0. The topological polar surface area (TPSA) is 80.0 Å². The van der Waals surface area contributed by atoms with Crippen LogP contribution >= 0.6 is 0 Å². The molecule has 0 bridgehead atoms. The van der Waals surface area contributed by atoms with E-state index in [1.165, 1.54) is 0 Å². The number of imidazole rings is 1. The van der Waals surface area contributed by atoms with Gasteiger partial charge in [0.05, 0.1) is 5.60 Å². The Hall–Kier alpha value is -2.21. The highest BCUT2D eigenvalue weighted by Gasteiger charge is 2.28. The number of hydrogen-bond donors (Lipinski definition) is 2.